The van der Waals surface area contributed by atoms with Gasteiger partial charge in [-0.25, -0.2) is 4.79 Å². The van der Waals surface area contributed by atoms with Crippen LogP contribution in [0.25, 0.3) is 0 Å². The van der Waals surface area contributed by atoms with E-state index in [0.717, 1.165) is 0 Å². The maximum Gasteiger partial charge on any atom is 0.319 e. The summed E-state index contributed by atoms with van der Waals surface area (Å²) in [4.78, 5) is 34.1. The Bertz CT molecular complexity index is 531. The van der Waals surface area contributed by atoms with Crippen LogP contribution in [-0.2, 0) is 16.0 Å². The molecule has 0 radical (unpaired) electrons. The highest BCUT2D eigenvalue weighted by atomic mass is 16.4. The van der Waals surface area contributed by atoms with Gasteiger partial charge in [-0.05, 0) is 25.5 Å². The Hall–Kier alpha value is -2.57. The van der Waals surface area contributed by atoms with Gasteiger partial charge >= 0.3 is 12.0 Å². The van der Waals surface area contributed by atoms with Crippen molar-refractivity contribution >= 4 is 23.6 Å². The van der Waals surface area contributed by atoms with E-state index in [1.54, 1.807) is 38.1 Å². The van der Waals surface area contributed by atoms with E-state index in [1.807, 2.05) is 0 Å². The number of para-hydroxylation sites is 1. The molecule has 0 aromatic heterocycles. The number of aliphatic carboxylic acids is 1. The van der Waals surface area contributed by atoms with Gasteiger partial charge in [0, 0.05) is 12.2 Å². The largest absolute Gasteiger partial charge is 0.481 e. The molecule has 1 aromatic rings. The summed E-state index contributed by atoms with van der Waals surface area (Å²) in [6, 6.07) is 5.36. The molecule has 0 spiro atoms. The maximum atomic E-state index is 11.8. The van der Waals surface area contributed by atoms with Gasteiger partial charge in [-0.1, -0.05) is 18.2 Å². The molecule has 7 heteroatoms. The minimum atomic E-state index is -0.986. The lowest BCUT2D eigenvalue weighted by Gasteiger charge is -2.15. The molecule has 0 fully saturated rings. The monoisotopic (exact) mass is 293 g/mol. The molecule has 0 heterocycles. The average molecular weight is 293 g/mol. The predicted octanol–water partition coefficient (Wildman–Crippen LogP) is 0.960. The molecule has 0 aliphatic rings. The van der Waals surface area contributed by atoms with Gasteiger partial charge in [0.2, 0.25) is 5.91 Å². The van der Waals surface area contributed by atoms with Gasteiger partial charge in [0.1, 0.15) is 6.04 Å². The average Bonchev–Trinajstić information content (AvgIpc) is 2.40. The van der Waals surface area contributed by atoms with E-state index in [0.29, 0.717) is 17.8 Å². The van der Waals surface area contributed by atoms with E-state index in [-0.39, 0.29) is 12.3 Å². The zero-order valence-electron chi connectivity index (χ0n) is 12.0. The fraction of sp³-hybridized carbons (Fsp3) is 0.357. The Balaban J connectivity index is 2.66. The lowest BCUT2D eigenvalue weighted by atomic mass is 10.1. The van der Waals surface area contributed by atoms with Gasteiger partial charge in [-0.2, -0.15) is 0 Å². The van der Waals surface area contributed by atoms with Crippen LogP contribution in [0, 0.1) is 0 Å². The number of likely N-dealkylation sites (N-methyl/N-ethyl adjacent to an activating group) is 1. The Morgan fingerprint density at radius 2 is 1.90 bits per heavy atom. The van der Waals surface area contributed by atoms with Gasteiger partial charge in [-0.3, -0.25) is 9.59 Å². The molecule has 1 aromatic carbocycles. The second-order valence-electron chi connectivity index (χ2n) is 4.44. The van der Waals surface area contributed by atoms with E-state index >= 15 is 0 Å². The van der Waals surface area contributed by atoms with E-state index in [9.17, 15) is 14.4 Å². The van der Waals surface area contributed by atoms with Crippen LogP contribution in [-0.4, -0.2) is 35.6 Å². The summed E-state index contributed by atoms with van der Waals surface area (Å²) in [6.07, 6.45) is -0.192. The summed E-state index contributed by atoms with van der Waals surface area (Å²) in [7, 11) is 0. The van der Waals surface area contributed by atoms with Gasteiger partial charge in [0.05, 0.1) is 6.42 Å². The second kappa shape index (κ2) is 7.88. The summed E-state index contributed by atoms with van der Waals surface area (Å²) in [5, 5.41) is 16.4. The molecule has 21 heavy (non-hydrogen) atoms. The van der Waals surface area contributed by atoms with Crippen molar-refractivity contribution in [3.8, 4) is 0 Å². The third-order valence-corrected chi connectivity index (χ3v) is 2.70. The highest BCUT2D eigenvalue weighted by Crippen LogP contribution is 2.15. The van der Waals surface area contributed by atoms with E-state index in [4.69, 9.17) is 5.11 Å². The summed E-state index contributed by atoms with van der Waals surface area (Å²) in [5.74, 6) is -1.27. The number of nitrogens with one attached hydrogen (secondary N) is 3. The Kier molecular flexibility index (Phi) is 6.19. The van der Waals surface area contributed by atoms with Crippen LogP contribution in [0.4, 0.5) is 10.5 Å². The molecule has 0 aliphatic carbocycles. The topological polar surface area (TPSA) is 108 Å². The standard InChI is InChI=1S/C14H19N3O4/c1-3-15-13(20)9(2)16-14(21)17-11-7-5-4-6-10(11)8-12(18)19/h4-7,9H,3,8H2,1-2H3,(H,15,20)(H,18,19)(H2,16,17,21). The van der Waals surface area contributed by atoms with Crippen molar-refractivity contribution in [3.63, 3.8) is 0 Å². The second-order valence-corrected chi connectivity index (χ2v) is 4.44. The normalized spacial score (nSPS) is 11.3. The third kappa shape index (κ3) is 5.52. The van der Waals surface area contributed by atoms with Crippen LogP contribution in [0.5, 0.6) is 0 Å². The number of carboxylic acid groups (broad SMARTS) is 1. The summed E-state index contributed by atoms with van der Waals surface area (Å²) in [5.41, 5.74) is 0.895. The summed E-state index contributed by atoms with van der Waals surface area (Å²) in [6.45, 7) is 3.83. The van der Waals surface area contributed by atoms with Crippen LogP contribution in [0.15, 0.2) is 24.3 Å². The minimum absolute atomic E-state index is 0.192. The smallest absolute Gasteiger partial charge is 0.319 e. The van der Waals surface area contributed by atoms with Crippen molar-refractivity contribution in [3.05, 3.63) is 29.8 Å². The Morgan fingerprint density at radius 1 is 1.24 bits per heavy atom. The fourth-order valence-electron chi connectivity index (χ4n) is 1.71. The van der Waals surface area contributed by atoms with Crippen molar-refractivity contribution in [2.75, 3.05) is 11.9 Å². The first-order valence-electron chi connectivity index (χ1n) is 6.59. The molecule has 1 atom stereocenters. The highest BCUT2D eigenvalue weighted by Gasteiger charge is 2.15. The molecule has 114 valence electrons. The van der Waals surface area contributed by atoms with Gasteiger partial charge in [-0.15, -0.1) is 0 Å². The van der Waals surface area contributed by atoms with Gasteiger partial charge in [0.15, 0.2) is 0 Å². The number of urea groups is 1. The van der Waals surface area contributed by atoms with E-state index in [2.05, 4.69) is 16.0 Å². The number of rotatable bonds is 6. The zero-order chi connectivity index (χ0) is 15.8. The molecule has 4 N–H and O–H groups in total. The summed E-state index contributed by atoms with van der Waals surface area (Å²) < 4.78 is 0. The van der Waals surface area contributed by atoms with Crippen LogP contribution in [0.2, 0.25) is 0 Å². The maximum absolute atomic E-state index is 11.8. The first-order valence-corrected chi connectivity index (χ1v) is 6.59. The van der Waals surface area contributed by atoms with Crippen molar-refractivity contribution in [2.45, 2.75) is 26.3 Å². The molecule has 1 rings (SSSR count). The van der Waals surface area contributed by atoms with Crippen LogP contribution < -0.4 is 16.0 Å². The number of hydrogen-bond donors (Lipinski definition) is 4. The number of hydrogen-bond acceptors (Lipinski definition) is 3. The number of amides is 3. The SMILES string of the molecule is CCNC(=O)C(C)NC(=O)Nc1ccccc1CC(=O)O. The minimum Gasteiger partial charge on any atom is -0.481 e. The molecule has 1 unspecified atom stereocenters. The van der Waals surface area contributed by atoms with Crippen molar-refractivity contribution in [1.29, 1.82) is 0 Å². The zero-order valence-corrected chi connectivity index (χ0v) is 12.0. The van der Waals surface area contributed by atoms with Crippen molar-refractivity contribution < 1.29 is 19.5 Å². The number of anilines is 1. The summed E-state index contributed by atoms with van der Waals surface area (Å²) >= 11 is 0. The lowest BCUT2D eigenvalue weighted by molar-refractivity contribution is -0.136. The van der Waals surface area contributed by atoms with Crippen molar-refractivity contribution in [2.24, 2.45) is 0 Å². The molecule has 0 aliphatic heterocycles. The molecular weight excluding hydrogens is 274 g/mol. The van der Waals surface area contributed by atoms with Crippen LogP contribution >= 0.6 is 0 Å². The van der Waals surface area contributed by atoms with Gasteiger partial charge in [0.25, 0.3) is 0 Å². The molecule has 0 bridgehead atoms. The van der Waals surface area contributed by atoms with E-state index in [1.165, 1.54) is 0 Å². The number of carboxylic acids is 1. The molecular formula is C14H19N3O4. The number of carbonyl (C=O) groups excluding carboxylic acids is 2. The first kappa shape index (κ1) is 16.5. The fourth-order valence-corrected chi connectivity index (χ4v) is 1.71. The number of carbonyl (C=O) groups is 3. The predicted molar refractivity (Wildman–Crippen MR) is 78.1 cm³/mol. The van der Waals surface area contributed by atoms with Crippen LogP contribution in [0.1, 0.15) is 19.4 Å². The van der Waals surface area contributed by atoms with Crippen LogP contribution in [0.3, 0.4) is 0 Å². The third-order valence-electron chi connectivity index (χ3n) is 2.70. The van der Waals surface area contributed by atoms with Crippen molar-refractivity contribution in [1.82, 2.24) is 10.6 Å². The first-order chi connectivity index (χ1) is 9.93. The highest BCUT2D eigenvalue weighted by molar-refractivity contribution is 5.94. The Labute approximate surface area is 122 Å². The molecule has 0 saturated carbocycles. The van der Waals surface area contributed by atoms with Gasteiger partial charge < -0.3 is 21.1 Å². The quantitative estimate of drug-likeness (QED) is 0.626. The molecule has 7 nitrogen and oxygen atoms in total. The molecule has 3 amide bonds. The molecule has 0 saturated heterocycles. The van der Waals surface area contributed by atoms with E-state index < -0.39 is 18.0 Å². The Morgan fingerprint density at radius 3 is 2.52 bits per heavy atom. The number of benzene rings is 1. The lowest BCUT2D eigenvalue weighted by Crippen LogP contribution is -2.46.